The Morgan fingerprint density at radius 3 is 1.91 bits per heavy atom. The van der Waals surface area contributed by atoms with Gasteiger partial charge in [0.15, 0.2) is 0 Å². The predicted molar refractivity (Wildman–Crippen MR) is 50.4 cm³/mol. The second kappa shape index (κ2) is 4.13. The van der Waals surface area contributed by atoms with Crippen LogP contribution in [0.2, 0.25) is 0 Å². The van der Waals surface area contributed by atoms with Gasteiger partial charge in [0.05, 0.1) is 0 Å². The SMILES string of the molecule is [CH2]C1(CC)CCCCCCC1. The third-order valence-electron chi connectivity index (χ3n) is 3.16. The molecular weight excluding hydrogens is 132 g/mol. The molecule has 0 unspecified atom stereocenters. The molecular formula is C11H21. The van der Waals surface area contributed by atoms with Crippen LogP contribution in [0.3, 0.4) is 0 Å². The molecule has 0 bridgehead atoms. The van der Waals surface area contributed by atoms with E-state index in [4.69, 9.17) is 0 Å². The van der Waals surface area contributed by atoms with Gasteiger partial charge >= 0.3 is 0 Å². The first-order valence-corrected chi connectivity index (χ1v) is 5.12. The van der Waals surface area contributed by atoms with Gasteiger partial charge < -0.3 is 0 Å². The van der Waals surface area contributed by atoms with Crippen molar-refractivity contribution in [2.45, 2.75) is 58.3 Å². The minimum Gasteiger partial charge on any atom is -0.0649 e. The van der Waals surface area contributed by atoms with E-state index >= 15 is 0 Å². The zero-order valence-corrected chi connectivity index (χ0v) is 7.86. The van der Waals surface area contributed by atoms with Crippen molar-refractivity contribution in [2.75, 3.05) is 0 Å². The highest BCUT2D eigenvalue weighted by molar-refractivity contribution is 4.81. The lowest BCUT2D eigenvalue weighted by atomic mass is 9.76. The molecule has 0 atom stereocenters. The molecule has 65 valence electrons. The van der Waals surface area contributed by atoms with Crippen LogP contribution in [0.25, 0.3) is 0 Å². The highest BCUT2D eigenvalue weighted by Crippen LogP contribution is 2.35. The van der Waals surface area contributed by atoms with Gasteiger partial charge in [-0.05, 0) is 25.2 Å². The first-order valence-electron chi connectivity index (χ1n) is 5.12. The number of hydrogen-bond donors (Lipinski definition) is 0. The number of rotatable bonds is 1. The predicted octanol–water partition coefficient (Wildman–Crippen LogP) is 3.96. The van der Waals surface area contributed by atoms with Crippen molar-refractivity contribution in [1.82, 2.24) is 0 Å². The van der Waals surface area contributed by atoms with Crippen LogP contribution in [-0.4, -0.2) is 0 Å². The molecule has 0 nitrogen and oxygen atoms in total. The normalized spacial score (nSPS) is 25.6. The minimum atomic E-state index is 0.445. The maximum absolute atomic E-state index is 4.35. The highest BCUT2D eigenvalue weighted by Gasteiger charge is 2.21. The number of hydrogen-bond acceptors (Lipinski definition) is 0. The van der Waals surface area contributed by atoms with Crippen LogP contribution < -0.4 is 0 Å². The van der Waals surface area contributed by atoms with Crippen molar-refractivity contribution in [3.63, 3.8) is 0 Å². The summed E-state index contributed by atoms with van der Waals surface area (Å²) in [7, 11) is 0. The van der Waals surface area contributed by atoms with E-state index < -0.39 is 0 Å². The fourth-order valence-corrected chi connectivity index (χ4v) is 2.01. The lowest BCUT2D eigenvalue weighted by Crippen LogP contribution is -2.16. The summed E-state index contributed by atoms with van der Waals surface area (Å²) in [5.41, 5.74) is 0.445. The van der Waals surface area contributed by atoms with Gasteiger partial charge in [-0.25, -0.2) is 0 Å². The third-order valence-corrected chi connectivity index (χ3v) is 3.16. The Morgan fingerprint density at radius 2 is 1.45 bits per heavy atom. The van der Waals surface area contributed by atoms with Crippen LogP contribution in [0.1, 0.15) is 58.3 Å². The zero-order valence-electron chi connectivity index (χ0n) is 7.86. The maximum Gasteiger partial charge on any atom is -0.0300 e. The molecule has 1 radical (unpaired) electrons. The van der Waals surface area contributed by atoms with E-state index in [-0.39, 0.29) is 0 Å². The molecule has 0 aromatic rings. The van der Waals surface area contributed by atoms with Crippen LogP contribution in [-0.2, 0) is 0 Å². The van der Waals surface area contributed by atoms with E-state index in [1.807, 2.05) is 0 Å². The van der Waals surface area contributed by atoms with E-state index in [0.717, 1.165) is 0 Å². The Balaban J connectivity index is 2.37. The Morgan fingerprint density at radius 1 is 1.00 bits per heavy atom. The van der Waals surface area contributed by atoms with Crippen LogP contribution in [0, 0.1) is 12.3 Å². The Labute approximate surface area is 71.4 Å². The summed E-state index contributed by atoms with van der Waals surface area (Å²) < 4.78 is 0. The molecule has 0 N–H and O–H groups in total. The topological polar surface area (TPSA) is 0 Å². The highest BCUT2D eigenvalue weighted by atomic mass is 14.3. The molecule has 0 aromatic carbocycles. The van der Waals surface area contributed by atoms with Gasteiger partial charge in [0.2, 0.25) is 0 Å². The molecule has 0 saturated heterocycles. The Hall–Kier alpha value is 0. The average molecular weight is 153 g/mol. The monoisotopic (exact) mass is 153 g/mol. The van der Waals surface area contributed by atoms with E-state index in [1.165, 1.54) is 51.4 Å². The van der Waals surface area contributed by atoms with Crippen molar-refractivity contribution in [3.8, 4) is 0 Å². The van der Waals surface area contributed by atoms with Gasteiger partial charge in [0, 0.05) is 0 Å². The van der Waals surface area contributed by atoms with E-state index in [0.29, 0.717) is 5.41 Å². The van der Waals surface area contributed by atoms with Gasteiger partial charge in [-0.3, -0.25) is 0 Å². The second-order valence-electron chi connectivity index (χ2n) is 4.12. The largest absolute Gasteiger partial charge is 0.0649 e. The molecule has 0 spiro atoms. The van der Waals surface area contributed by atoms with Crippen molar-refractivity contribution in [2.24, 2.45) is 5.41 Å². The molecule has 0 aliphatic heterocycles. The zero-order chi connectivity index (χ0) is 8.16. The summed E-state index contributed by atoms with van der Waals surface area (Å²) in [6.07, 6.45) is 11.2. The van der Waals surface area contributed by atoms with E-state index in [1.54, 1.807) is 0 Å². The van der Waals surface area contributed by atoms with Crippen molar-refractivity contribution in [3.05, 3.63) is 6.92 Å². The molecule has 0 amide bonds. The standard InChI is InChI=1S/C11H21/c1-3-11(2)9-7-5-4-6-8-10-11/h2-10H2,1H3. The second-order valence-corrected chi connectivity index (χ2v) is 4.12. The molecule has 0 heterocycles. The van der Waals surface area contributed by atoms with E-state index in [9.17, 15) is 0 Å². The van der Waals surface area contributed by atoms with Gasteiger partial charge in [-0.1, -0.05) is 45.4 Å². The summed E-state index contributed by atoms with van der Waals surface area (Å²) in [5, 5.41) is 0. The van der Waals surface area contributed by atoms with E-state index in [2.05, 4.69) is 13.8 Å². The van der Waals surface area contributed by atoms with Gasteiger partial charge in [-0.2, -0.15) is 0 Å². The lowest BCUT2D eigenvalue weighted by Gasteiger charge is -2.29. The molecule has 11 heavy (non-hydrogen) atoms. The molecule has 1 rings (SSSR count). The summed E-state index contributed by atoms with van der Waals surface area (Å²) in [6.45, 7) is 6.64. The first kappa shape index (κ1) is 9.09. The lowest BCUT2D eigenvalue weighted by molar-refractivity contribution is 0.266. The molecule has 0 aromatic heterocycles. The van der Waals surface area contributed by atoms with Gasteiger partial charge in [0.1, 0.15) is 0 Å². The molecule has 1 aliphatic carbocycles. The van der Waals surface area contributed by atoms with Crippen molar-refractivity contribution in [1.29, 1.82) is 0 Å². The fraction of sp³-hybridized carbons (Fsp3) is 0.909. The summed E-state index contributed by atoms with van der Waals surface area (Å²) >= 11 is 0. The third kappa shape index (κ3) is 2.84. The van der Waals surface area contributed by atoms with Crippen LogP contribution in [0.4, 0.5) is 0 Å². The fourth-order valence-electron chi connectivity index (χ4n) is 2.01. The summed E-state index contributed by atoms with van der Waals surface area (Å²) in [5.74, 6) is 0. The van der Waals surface area contributed by atoms with Crippen molar-refractivity contribution >= 4 is 0 Å². The molecule has 1 saturated carbocycles. The first-order chi connectivity index (χ1) is 5.27. The Kier molecular flexibility index (Phi) is 3.42. The average Bonchev–Trinajstić information content (AvgIpc) is 1.98. The van der Waals surface area contributed by atoms with Crippen LogP contribution >= 0.6 is 0 Å². The quantitative estimate of drug-likeness (QED) is 0.535. The maximum atomic E-state index is 4.35. The Bertz CT molecular complexity index is 96.6. The van der Waals surface area contributed by atoms with Gasteiger partial charge in [0.25, 0.3) is 0 Å². The molecule has 0 heteroatoms. The smallest absolute Gasteiger partial charge is 0.0300 e. The minimum absolute atomic E-state index is 0.445. The molecule has 1 aliphatic rings. The summed E-state index contributed by atoms with van der Waals surface area (Å²) in [6, 6.07) is 0. The van der Waals surface area contributed by atoms with Gasteiger partial charge in [-0.15, -0.1) is 0 Å². The molecule has 1 fully saturated rings. The summed E-state index contributed by atoms with van der Waals surface area (Å²) in [4.78, 5) is 0. The van der Waals surface area contributed by atoms with Crippen LogP contribution in [0.15, 0.2) is 0 Å². The van der Waals surface area contributed by atoms with Crippen molar-refractivity contribution < 1.29 is 0 Å². The van der Waals surface area contributed by atoms with Crippen LogP contribution in [0.5, 0.6) is 0 Å².